The van der Waals surface area contributed by atoms with Gasteiger partial charge in [0.1, 0.15) is 11.6 Å². The molecular weight excluding hydrogens is 354 g/mol. The second-order valence-corrected chi connectivity index (χ2v) is 5.12. The predicted molar refractivity (Wildman–Crippen MR) is 74.6 cm³/mol. The lowest BCUT2D eigenvalue weighted by Crippen LogP contribution is -2.43. The number of alkyl halides is 3. The maximum absolute atomic E-state index is 14.3. The summed E-state index contributed by atoms with van der Waals surface area (Å²) in [5.41, 5.74) is -1.92. The van der Waals surface area contributed by atoms with E-state index in [0.29, 0.717) is 6.08 Å². The summed E-state index contributed by atoms with van der Waals surface area (Å²) in [7, 11) is 0. The fraction of sp³-hybridized carbons (Fsp3) is 0.143. The summed E-state index contributed by atoms with van der Waals surface area (Å²) in [6.07, 6.45) is -0.997. The van der Waals surface area contributed by atoms with E-state index in [1.165, 1.54) is 18.5 Å². The quantitative estimate of drug-likeness (QED) is 0.841. The van der Waals surface area contributed by atoms with Gasteiger partial charge in [-0.1, -0.05) is 17.7 Å². The highest BCUT2D eigenvalue weighted by Gasteiger charge is 2.61. The average Bonchev–Trinajstić information content (AvgIpc) is 3.00. The summed E-state index contributed by atoms with van der Waals surface area (Å²) in [6, 6.07) is 2.92. The molecule has 126 valence electrons. The van der Waals surface area contributed by atoms with Crippen LogP contribution in [0.4, 0.5) is 17.6 Å². The Morgan fingerprint density at radius 2 is 1.92 bits per heavy atom. The first-order chi connectivity index (χ1) is 11.3. The van der Waals surface area contributed by atoms with Gasteiger partial charge in [0.2, 0.25) is 5.60 Å². The molecule has 1 atom stereocenters. The van der Waals surface area contributed by atoms with Crippen LogP contribution in [0, 0.1) is 5.82 Å². The Bertz CT molecular complexity index is 783. The van der Waals surface area contributed by atoms with Crippen molar-refractivity contribution in [2.75, 3.05) is 0 Å². The minimum atomic E-state index is -4.95. The largest absolute Gasteiger partial charge is 0.428 e. The molecule has 0 saturated carbocycles. The monoisotopic (exact) mass is 361 g/mol. The number of ether oxygens (including phenoxy) is 1. The van der Waals surface area contributed by atoms with Crippen LogP contribution < -0.4 is 10.2 Å². The van der Waals surface area contributed by atoms with Crippen LogP contribution in [0.25, 0.3) is 0 Å². The molecule has 0 spiro atoms. The second kappa shape index (κ2) is 5.91. The van der Waals surface area contributed by atoms with Crippen LogP contribution in [-0.2, 0) is 10.4 Å². The van der Waals surface area contributed by atoms with Gasteiger partial charge in [-0.05, 0) is 18.2 Å². The normalized spacial score (nSPS) is 20.0. The van der Waals surface area contributed by atoms with Crippen molar-refractivity contribution in [1.29, 1.82) is 0 Å². The number of hydroxylamine groups is 1. The molecule has 1 aliphatic heterocycles. The molecule has 5 nitrogen and oxygen atoms in total. The van der Waals surface area contributed by atoms with E-state index in [9.17, 15) is 17.6 Å². The Morgan fingerprint density at radius 1 is 1.21 bits per heavy atom. The molecule has 0 aliphatic carbocycles. The molecule has 24 heavy (non-hydrogen) atoms. The number of nitrogens with one attached hydrogen (secondary N) is 1. The molecule has 0 saturated heterocycles. The van der Waals surface area contributed by atoms with Gasteiger partial charge in [0.15, 0.2) is 0 Å². The third-order valence-corrected chi connectivity index (χ3v) is 3.37. The predicted octanol–water partition coefficient (Wildman–Crippen LogP) is 3.87. The third-order valence-electron chi connectivity index (χ3n) is 3.17. The van der Waals surface area contributed by atoms with Crippen LogP contribution in [0.1, 0.15) is 5.56 Å². The first-order valence-electron chi connectivity index (χ1n) is 6.46. The third kappa shape index (κ3) is 2.76. The van der Waals surface area contributed by atoms with E-state index in [1.807, 2.05) is 5.48 Å². The maximum Gasteiger partial charge on any atom is 0.428 e. The van der Waals surface area contributed by atoms with E-state index in [-0.39, 0.29) is 11.0 Å². The van der Waals surface area contributed by atoms with Crippen molar-refractivity contribution in [2.45, 2.75) is 11.8 Å². The lowest BCUT2D eigenvalue weighted by Gasteiger charge is -2.30. The fourth-order valence-corrected chi connectivity index (χ4v) is 2.24. The summed E-state index contributed by atoms with van der Waals surface area (Å²) in [5.74, 6) is -1.60. The molecule has 2 aromatic rings. The topological polar surface area (TPSA) is 56.3 Å². The Hall–Kier alpha value is -2.39. The SMILES string of the molecule is Fc1cccc(Oc2ncc(Cl)cn2)c1C1(C(F)(F)F)C=CNO1. The van der Waals surface area contributed by atoms with E-state index in [2.05, 4.69) is 14.8 Å². The fourth-order valence-electron chi connectivity index (χ4n) is 2.14. The summed E-state index contributed by atoms with van der Waals surface area (Å²) >= 11 is 5.63. The molecule has 10 heteroatoms. The lowest BCUT2D eigenvalue weighted by molar-refractivity contribution is -0.271. The van der Waals surface area contributed by atoms with Gasteiger partial charge in [-0.2, -0.15) is 13.2 Å². The summed E-state index contributed by atoms with van der Waals surface area (Å²) < 4.78 is 60.2. The molecule has 1 aromatic heterocycles. The molecule has 1 unspecified atom stereocenters. The molecule has 0 bridgehead atoms. The van der Waals surface area contributed by atoms with Crippen LogP contribution in [-0.4, -0.2) is 16.1 Å². The molecule has 2 heterocycles. The molecule has 1 N–H and O–H groups in total. The van der Waals surface area contributed by atoms with E-state index >= 15 is 0 Å². The zero-order valence-corrected chi connectivity index (χ0v) is 12.4. The summed E-state index contributed by atoms with van der Waals surface area (Å²) in [4.78, 5) is 12.0. The van der Waals surface area contributed by atoms with Gasteiger partial charge < -0.3 is 4.74 Å². The van der Waals surface area contributed by atoms with Crippen molar-refractivity contribution in [3.63, 3.8) is 0 Å². The van der Waals surface area contributed by atoms with Crippen molar-refractivity contribution in [3.05, 3.63) is 59.3 Å². The summed E-state index contributed by atoms with van der Waals surface area (Å²) in [6.45, 7) is 0. The standard InChI is InChI=1S/C14H8ClF4N3O2/c15-8-6-20-12(21-7-8)23-10-3-1-2-9(16)11(10)13(14(17,18)19)4-5-22-24-13/h1-7,22H. The molecule has 0 radical (unpaired) electrons. The van der Waals surface area contributed by atoms with E-state index in [1.54, 1.807) is 0 Å². The van der Waals surface area contributed by atoms with E-state index in [4.69, 9.17) is 16.3 Å². The van der Waals surface area contributed by atoms with Gasteiger partial charge in [-0.3, -0.25) is 10.3 Å². The number of aromatic nitrogens is 2. The molecule has 0 amide bonds. The Kier molecular flexibility index (Phi) is 4.06. The number of rotatable bonds is 3. The van der Waals surface area contributed by atoms with Crippen molar-refractivity contribution in [2.24, 2.45) is 0 Å². The lowest BCUT2D eigenvalue weighted by atomic mass is 9.91. The highest BCUT2D eigenvalue weighted by molar-refractivity contribution is 6.30. The maximum atomic E-state index is 14.3. The van der Waals surface area contributed by atoms with Gasteiger partial charge in [0, 0.05) is 6.20 Å². The Labute approximate surface area is 137 Å². The number of benzene rings is 1. The van der Waals surface area contributed by atoms with Crippen LogP contribution in [0.2, 0.25) is 5.02 Å². The minimum Gasteiger partial charge on any atom is -0.424 e. The second-order valence-electron chi connectivity index (χ2n) is 4.69. The Balaban J connectivity index is 2.11. The van der Waals surface area contributed by atoms with Gasteiger partial charge in [0.05, 0.1) is 23.0 Å². The number of halogens is 5. The van der Waals surface area contributed by atoms with Crippen LogP contribution in [0.3, 0.4) is 0 Å². The van der Waals surface area contributed by atoms with Crippen molar-refractivity contribution < 1.29 is 27.1 Å². The number of nitrogens with zero attached hydrogens (tertiary/aromatic N) is 2. The first kappa shape index (κ1) is 16.5. The van der Waals surface area contributed by atoms with Gasteiger partial charge in [-0.25, -0.2) is 14.4 Å². The molecule has 1 aromatic carbocycles. The molecule has 3 rings (SSSR count). The highest BCUT2D eigenvalue weighted by Crippen LogP contribution is 2.49. The van der Waals surface area contributed by atoms with Crippen LogP contribution in [0.5, 0.6) is 11.8 Å². The smallest absolute Gasteiger partial charge is 0.424 e. The average molecular weight is 362 g/mol. The summed E-state index contributed by atoms with van der Waals surface area (Å²) in [5, 5.41) is 0.208. The molecule has 0 fully saturated rings. The van der Waals surface area contributed by atoms with E-state index in [0.717, 1.165) is 18.3 Å². The number of hydrogen-bond donors (Lipinski definition) is 1. The van der Waals surface area contributed by atoms with Crippen molar-refractivity contribution in [3.8, 4) is 11.8 Å². The molecular formula is C14H8ClF4N3O2. The Morgan fingerprint density at radius 3 is 2.50 bits per heavy atom. The zero-order valence-electron chi connectivity index (χ0n) is 11.6. The molecule has 1 aliphatic rings. The van der Waals surface area contributed by atoms with Gasteiger partial charge in [-0.15, -0.1) is 0 Å². The zero-order chi connectivity index (χ0) is 17.4. The first-order valence-corrected chi connectivity index (χ1v) is 6.84. The van der Waals surface area contributed by atoms with Crippen LogP contribution in [0.15, 0.2) is 42.9 Å². The van der Waals surface area contributed by atoms with Gasteiger partial charge in [0.25, 0.3) is 0 Å². The van der Waals surface area contributed by atoms with Crippen molar-refractivity contribution >= 4 is 11.6 Å². The minimum absolute atomic E-state index is 0.208. The van der Waals surface area contributed by atoms with E-state index < -0.39 is 28.9 Å². The highest BCUT2D eigenvalue weighted by atomic mass is 35.5. The number of hydrogen-bond acceptors (Lipinski definition) is 5. The van der Waals surface area contributed by atoms with Crippen molar-refractivity contribution in [1.82, 2.24) is 15.4 Å². The van der Waals surface area contributed by atoms with Crippen LogP contribution >= 0.6 is 11.6 Å². The van der Waals surface area contributed by atoms with Gasteiger partial charge >= 0.3 is 12.2 Å².